The number of ether oxygens (including phenoxy) is 1. The van der Waals surface area contributed by atoms with Gasteiger partial charge in [0.25, 0.3) is 0 Å². The molecule has 2 heterocycles. The minimum atomic E-state index is -1.03. The smallest absolute Gasteiger partial charge is 0.409 e. The molecule has 212 valence electrons. The number of piperidine rings is 1. The van der Waals surface area contributed by atoms with Crippen LogP contribution in [0, 0.1) is 26.7 Å². The second-order valence-electron chi connectivity index (χ2n) is 11.9. The van der Waals surface area contributed by atoms with Gasteiger partial charge in [0.15, 0.2) is 0 Å². The van der Waals surface area contributed by atoms with Crippen LogP contribution >= 0.6 is 0 Å². The van der Waals surface area contributed by atoms with E-state index in [4.69, 9.17) is 4.74 Å². The Morgan fingerprint density at radius 2 is 1.57 bits per heavy atom. The number of hydrogen-bond acceptors (Lipinski definition) is 4. The predicted octanol–water partition coefficient (Wildman–Crippen LogP) is 6.88. The summed E-state index contributed by atoms with van der Waals surface area (Å²) in [6.07, 6.45) is 3.36. The second kappa shape index (κ2) is 12.0. The van der Waals surface area contributed by atoms with Crippen LogP contribution < -0.4 is 15.4 Å². The number of likely N-dealkylation sites (tertiary alicyclic amines) is 1. The molecule has 0 saturated carbocycles. The van der Waals surface area contributed by atoms with Crippen molar-refractivity contribution in [2.24, 2.45) is 5.92 Å². The van der Waals surface area contributed by atoms with E-state index in [-0.39, 0.29) is 11.6 Å². The number of hydrogen-bond donors (Lipinski definition) is 3. The van der Waals surface area contributed by atoms with Crippen LogP contribution in [0.3, 0.4) is 0 Å². The summed E-state index contributed by atoms with van der Waals surface area (Å²) in [5.74, 6) is 1.67. The van der Waals surface area contributed by atoms with Gasteiger partial charge in [0, 0.05) is 18.5 Å². The number of fused-ring (bicyclic) bond motifs is 1. The summed E-state index contributed by atoms with van der Waals surface area (Å²) in [7, 11) is 0. The number of carboxylic acid groups (broad SMARTS) is 1. The van der Waals surface area contributed by atoms with Gasteiger partial charge in [0.05, 0.1) is 11.7 Å². The second-order valence-corrected chi connectivity index (χ2v) is 11.9. The third kappa shape index (κ3) is 6.18. The summed E-state index contributed by atoms with van der Waals surface area (Å²) in [6.45, 7) is 12.3. The molecule has 2 aliphatic rings. The lowest BCUT2D eigenvalue weighted by molar-refractivity contribution is 0.0466. The lowest BCUT2D eigenvalue weighted by Crippen LogP contribution is -2.47. The number of benzene rings is 3. The van der Waals surface area contributed by atoms with Crippen LogP contribution in [0.15, 0.2) is 60.7 Å². The predicted molar refractivity (Wildman–Crippen MR) is 162 cm³/mol. The van der Waals surface area contributed by atoms with Crippen molar-refractivity contribution in [2.45, 2.75) is 65.0 Å². The van der Waals surface area contributed by atoms with E-state index in [9.17, 15) is 9.90 Å². The van der Waals surface area contributed by atoms with Crippen LogP contribution in [0.2, 0.25) is 0 Å². The van der Waals surface area contributed by atoms with Gasteiger partial charge in [0.2, 0.25) is 0 Å². The average Bonchev–Trinajstić information content (AvgIpc) is 3.31. The molecular weight excluding hydrogens is 498 g/mol. The molecule has 0 bridgehead atoms. The van der Waals surface area contributed by atoms with Gasteiger partial charge < -0.3 is 15.2 Å². The van der Waals surface area contributed by atoms with Gasteiger partial charge in [-0.2, -0.15) is 0 Å². The number of amides is 1. The van der Waals surface area contributed by atoms with Crippen molar-refractivity contribution < 1.29 is 14.6 Å². The highest BCUT2D eigenvalue weighted by atomic mass is 16.5. The van der Waals surface area contributed by atoms with E-state index < -0.39 is 6.09 Å². The van der Waals surface area contributed by atoms with E-state index in [2.05, 4.69) is 83.1 Å². The van der Waals surface area contributed by atoms with Crippen molar-refractivity contribution >= 4 is 11.8 Å². The van der Waals surface area contributed by atoms with E-state index in [1.807, 2.05) is 20.8 Å². The zero-order valence-electron chi connectivity index (χ0n) is 24.3. The Labute approximate surface area is 238 Å². The molecule has 1 saturated heterocycles. The van der Waals surface area contributed by atoms with Gasteiger partial charge in [-0.05, 0) is 100 Å². The summed E-state index contributed by atoms with van der Waals surface area (Å²) in [4.78, 5) is 13.9. The fraction of sp³-hybridized carbons (Fsp3) is 0.441. The van der Waals surface area contributed by atoms with Crippen molar-refractivity contribution in [3.8, 4) is 5.75 Å². The highest BCUT2D eigenvalue weighted by molar-refractivity contribution is 5.87. The quantitative estimate of drug-likeness (QED) is 0.275. The molecule has 1 atom stereocenters. The third-order valence-electron chi connectivity index (χ3n) is 8.94. The van der Waals surface area contributed by atoms with Crippen LogP contribution in [-0.4, -0.2) is 47.9 Å². The maximum Gasteiger partial charge on any atom is 0.409 e. The van der Waals surface area contributed by atoms with Crippen molar-refractivity contribution in [1.82, 2.24) is 10.2 Å². The van der Waals surface area contributed by atoms with E-state index in [1.54, 1.807) is 0 Å². The number of nitrogens with zero attached hydrogens (tertiary/aromatic N) is 1. The topological polar surface area (TPSA) is 73.8 Å². The molecule has 0 spiro atoms. The number of carbonyl (C=O) groups is 1. The first-order valence-corrected chi connectivity index (χ1v) is 14.6. The molecular formula is C34H43N3O3. The van der Waals surface area contributed by atoms with Crippen LogP contribution in [0.1, 0.15) is 65.6 Å². The van der Waals surface area contributed by atoms with Crippen molar-refractivity contribution in [3.05, 3.63) is 94.0 Å². The van der Waals surface area contributed by atoms with Gasteiger partial charge in [-0.3, -0.25) is 10.2 Å². The Balaban J connectivity index is 1.14. The summed E-state index contributed by atoms with van der Waals surface area (Å²) in [5, 5.41) is 15.8. The maximum atomic E-state index is 11.4. The number of nitrogens with one attached hydrogen (secondary N) is 2. The zero-order chi connectivity index (χ0) is 28.3. The molecule has 1 unspecified atom stereocenters. The first-order chi connectivity index (χ1) is 19.2. The highest BCUT2D eigenvalue weighted by Gasteiger charge is 2.40. The number of rotatable bonds is 9. The Morgan fingerprint density at radius 1 is 0.975 bits per heavy atom. The van der Waals surface area contributed by atoms with Gasteiger partial charge in [0.1, 0.15) is 11.4 Å². The Hall–Kier alpha value is -3.35. The standard InChI is InChI=1S/C34H43N3O3/c1-23-24(2)32-29(25(3)30(23)36-33(38)39)21-34(4,40-32)22-37-19-16-26(17-20-37)15-18-35-31(27-11-7-5-8-12-27)28-13-9-6-10-14-28/h5-14,26,31,35-36H,15-22H2,1-4H3,(H,38,39). The molecule has 1 amide bonds. The molecule has 0 aliphatic carbocycles. The molecule has 3 aromatic rings. The molecule has 0 aromatic heterocycles. The SMILES string of the molecule is Cc1c(C)c2c(c(C)c1NC(=O)O)CC(C)(CN1CCC(CCNC(c3ccccc3)c3ccccc3)CC1)O2. The van der Waals surface area contributed by atoms with Gasteiger partial charge in [-0.1, -0.05) is 60.7 Å². The van der Waals surface area contributed by atoms with Gasteiger partial charge in [-0.15, -0.1) is 0 Å². The molecule has 5 rings (SSSR count). The highest BCUT2D eigenvalue weighted by Crippen LogP contribution is 2.45. The minimum Gasteiger partial charge on any atom is -0.485 e. The molecule has 1 fully saturated rings. The number of anilines is 1. The Kier molecular flexibility index (Phi) is 8.48. The van der Waals surface area contributed by atoms with E-state index >= 15 is 0 Å². The summed E-state index contributed by atoms with van der Waals surface area (Å²) in [5.41, 5.74) is 7.11. The van der Waals surface area contributed by atoms with Crippen LogP contribution in [0.25, 0.3) is 0 Å². The average molecular weight is 542 g/mol. The molecule has 2 aliphatic heterocycles. The summed E-state index contributed by atoms with van der Waals surface area (Å²) in [6, 6.07) is 21.7. The van der Waals surface area contributed by atoms with Crippen molar-refractivity contribution in [3.63, 3.8) is 0 Å². The Morgan fingerprint density at radius 3 is 2.15 bits per heavy atom. The molecule has 3 aromatic carbocycles. The lowest BCUT2D eigenvalue weighted by atomic mass is 9.89. The van der Waals surface area contributed by atoms with Crippen molar-refractivity contribution in [2.75, 3.05) is 31.5 Å². The first kappa shape index (κ1) is 28.2. The largest absolute Gasteiger partial charge is 0.485 e. The van der Waals surface area contributed by atoms with Gasteiger partial charge in [-0.25, -0.2) is 4.79 Å². The van der Waals surface area contributed by atoms with Crippen molar-refractivity contribution in [1.29, 1.82) is 0 Å². The maximum absolute atomic E-state index is 11.4. The van der Waals surface area contributed by atoms with E-state index in [1.165, 1.54) is 30.4 Å². The summed E-state index contributed by atoms with van der Waals surface area (Å²) < 4.78 is 6.62. The zero-order valence-corrected chi connectivity index (χ0v) is 24.3. The molecule has 3 N–H and O–H groups in total. The van der Waals surface area contributed by atoms with Crippen LogP contribution in [-0.2, 0) is 6.42 Å². The van der Waals surface area contributed by atoms with Crippen LogP contribution in [0.5, 0.6) is 5.75 Å². The monoisotopic (exact) mass is 541 g/mol. The third-order valence-corrected chi connectivity index (χ3v) is 8.94. The normalized spacial score (nSPS) is 19.4. The molecule has 6 nitrogen and oxygen atoms in total. The Bertz CT molecular complexity index is 1280. The van der Waals surface area contributed by atoms with Gasteiger partial charge >= 0.3 is 6.09 Å². The first-order valence-electron chi connectivity index (χ1n) is 14.6. The molecule has 40 heavy (non-hydrogen) atoms. The van der Waals surface area contributed by atoms with E-state index in [0.717, 1.165) is 66.5 Å². The van der Waals surface area contributed by atoms with E-state index in [0.29, 0.717) is 5.69 Å². The fourth-order valence-corrected chi connectivity index (χ4v) is 6.63. The fourth-order valence-electron chi connectivity index (χ4n) is 6.63. The lowest BCUT2D eigenvalue weighted by Gasteiger charge is -2.37. The molecule has 6 heteroatoms. The van der Waals surface area contributed by atoms with Crippen LogP contribution in [0.4, 0.5) is 10.5 Å². The molecule has 0 radical (unpaired) electrons. The summed E-state index contributed by atoms with van der Waals surface area (Å²) >= 11 is 0. The minimum absolute atomic E-state index is 0.213.